The van der Waals surface area contributed by atoms with Gasteiger partial charge in [0, 0.05) is 13.6 Å². The van der Waals surface area contributed by atoms with E-state index in [0.29, 0.717) is 5.56 Å². The van der Waals surface area contributed by atoms with Crippen LogP contribution in [0.2, 0.25) is 0 Å². The Bertz CT molecular complexity index is 545. The average molecular weight is 261 g/mol. The Kier molecular flexibility index (Phi) is 3.67. The second kappa shape index (κ2) is 5.23. The molecule has 4 heteroatoms. The number of nitrogens with zero attached hydrogens (tertiary/aromatic N) is 1. The SMILES string of the molecule is Cc1ccsc1N(C)Cc1ccc(C(=O)O)cc1. The van der Waals surface area contributed by atoms with E-state index in [9.17, 15) is 4.79 Å². The van der Waals surface area contributed by atoms with Crippen LogP contribution in [0.4, 0.5) is 5.00 Å². The zero-order chi connectivity index (χ0) is 13.1. The predicted molar refractivity (Wildman–Crippen MR) is 74.6 cm³/mol. The van der Waals surface area contributed by atoms with Crippen LogP contribution < -0.4 is 4.90 Å². The number of thiophene rings is 1. The van der Waals surface area contributed by atoms with Gasteiger partial charge in [-0.15, -0.1) is 11.3 Å². The number of aromatic carboxylic acids is 1. The summed E-state index contributed by atoms with van der Waals surface area (Å²) >= 11 is 1.72. The predicted octanol–water partition coefficient (Wildman–Crippen LogP) is 3.39. The van der Waals surface area contributed by atoms with E-state index in [1.165, 1.54) is 10.6 Å². The molecular formula is C14H15NO2S. The van der Waals surface area contributed by atoms with Crippen LogP contribution in [-0.2, 0) is 6.54 Å². The molecule has 94 valence electrons. The lowest BCUT2D eigenvalue weighted by Crippen LogP contribution is -2.15. The molecule has 0 radical (unpaired) electrons. The first kappa shape index (κ1) is 12.6. The van der Waals surface area contributed by atoms with Gasteiger partial charge in [-0.25, -0.2) is 4.79 Å². The maximum Gasteiger partial charge on any atom is 0.335 e. The minimum Gasteiger partial charge on any atom is -0.478 e. The molecule has 1 aromatic carbocycles. The van der Waals surface area contributed by atoms with E-state index in [1.54, 1.807) is 23.5 Å². The van der Waals surface area contributed by atoms with Crippen molar-refractivity contribution in [2.45, 2.75) is 13.5 Å². The van der Waals surface area contributed by atoms with Gasteiger partial charge in [0.15, 0.2) is 0 Å². The van der Waals surface area contributed by atoms with Crippen LogP contribution in [0.5, 0.6) is 0 Å². The lowest BCUT2D eigenvalue weighted by Gasteiger charge is -2.18. The minimum absolute atomic E-state index is 0.328. The van der Waals surface area contributed by atoms with Crippen LogP contribution >= 0.6 is 11.3 Å². The normalized spacial score (nSPS) is 10.3. The van der Waals surface area contributed by atoms with Crippen molar-refractivity contribution in [1.29, 1.82) is 0 Å². The maximum atomic E-state index is 10.8. The van der Waals surface area contributed by atoms with Crippen LogP contribution in [0.25, 0.3) is 0 Å². The van der Waals surface area contributed by atoms with Crippen LogP contribution in [-0.4, -0.2) is 18.1 Å². The molecule has 0 aliphatic carbocycles. The fraction of sp³-hybridized carbons (Fsp3) is 0.214. The van der Waals surface area contributed by atoms with Crippen LogP contribution in [0.1, 0.15) is 21.5 Å². The summed E-state index contributed by atoms with van der Waals surface area (Å²) in [4.78, 5) is 12.9. The first-order valence-electron chi connectivity index (χ1n) is 5.65. The number of hydrogen-bond acceptors (Lipinski definition) is 3. The first-order valence-corrected chi connectivity index (χ1v) is 6.53. The highest BCUT2D eigenvalue weighted by Gasteiger charge is 2.07. The van der Waals surface area contributed by atoms with E-state index in [-0.39, 0.29) is 0 Å². The average Bonchev–Trinajstić information content (AvgIpc) is 2.76. The number of hydrogen-bond donors (Lipinski definition) is 1. The standard InChI is InChI=1S/C14H15NO2S/c1-10-7-8-18-13(10)15(2)9-11-3-5-12(6-4-11)14(16)17/h3-8H,9H2,1-2H3,(H,16,17). The molecule has 0 amide bonds. The first-order chi connectivity index (χ1) is 8.58. The summed E-state index contributed by atoms with van der Waals surface area (Å²) < 4.78 is 0. The summed E-state index contributed by atoms with van der Waals surface area (Å²) in [5.41, 5.74) is 2.70. The molecule has 2 aromatic rings. The third-order valence-electron chi connectivity index (χ3n) is 2.80. The number of carboxylic acid groups (broad SMARTS) is 1. The highest BCUT2D eigenvalue weighted by atomic mass is 32.1. The molecule has 18 heavy (non-hydrogen) atoms. The third kappa shape index (κ3) is 2.71. The molecule has 3 nitrogen and oxygen atoms in total. The fourth-order valence-corrected chi connectivity index (χ4v) is 2.75. The molecule has 0 atom stereocenters. The Labute approximate surface area is 110 Å². The molecule has 0 spiro atoms. The molecule has 0 saturated carbocycles. The molecule has 0 bridgehead atoms. The monoisotopic (exact) mass is 261 g/mol. The second-order valence-corrected chi connectivity index (χ2v) is 5.16. The quantitative estimate of drug-likeness (QED) is 0.917. The van der Waals surface area contributed by atoms with Gasteiger partial charge >= 0.3 is 5.97 Å². The zero-order valence-corrected chi connectivity index (χ0v) is 11.2. The lowest BCUT2D eigenvalue weighted by atomic mass is 10.1. The summed E-state index contributed by atoms with van der Waals surface area (Å²) in [6.45, 7) is 2.87. The van der Waals surface area contributed by atoms with Gasteiger partial charge in [-0.3, -0.25) is 0 Å². The number of aryl methyl sites for hydroxylation is 1. The van der Waals surface area contributed by atoms with Gasteiger partial charge in [-0.1, -0.05) is 12.1 Å². The zero-order valence-electron chi connectivity index (χ0n) is 10.4. The summed E-state index contributed by atoms with van der Waals surface area (Å²) in [7, 11) is 2.05. The van der Waals surface area contributed by atoms with Crippen LogP contribution in [0.15, 0.2) is 35.7 Å². The van der Waals surface area contributed by atoms with Gasteiger partial charge in [-0.2, -0.15) is 0 Å². The van der Waals surface area contributed by atoms with Crippen molar-refractivity contribution in [1.82, 2.24) is 0 Å². The number of rotatable bonds is 4. The van der Waals surface area contributed by atoms with E-state index in [4.69, 9.17) is 5.11 Å². The molecule has 0 fully saturated rings. The Morgan fingerprint density at radius 2 is 1.94 bits per heavy atom. The molecule has 1 N–H and O–H groups in total. The van der Waals surface area contributed by atoms with Crippen molar-refractivity contribution in [3.8, 4) is 0 Å². The highest BCUT2D eigenvalue weighted by molar-refractivity contribution is 7.14. The van der Waals surface area contributed by atoms with Crippen molar-refractivity contribution in [3.05, 3.63) is 52.4 Å². The highest BCUT2D eigenvalue weighted by Crippen LogP contribution is 2.26. The third-order valence-corrected chi connectivity index (χ3v) is 3.93. The van der Waals surface area contributed by atoms with Gasteiger partial charge in [0.2, 0.25) is 0 Å². The Hall–Kier alpha value is -1.81. The largest absolute Gasteiger partial charge is 0.478 e. The van der Waals surface area contributed by atoms with E-state index in [0.717, 1.165) is 12.1 Å². The Morgan fingerprint density at radius 1 is 1.28 bits per heavy atom. The smallest absolute Gasteiger partial charge is 0.335 e. The number of carbonyl (C=O) groups is 1. The molecule has 1 heterocycles. The molecule has 0 saturated heterocycles. The molecular weight excluding hydrogens is 246 g/mol. The molecule has 1 aromatic heterocycles. The van der Waals surface area contributed by atoms with Crippen LogP contribution in [0.3, 0.4) is 0 Å². The number of benzene rings is 1. The Balaban J connectivity index is 2.10. The van der Waals surface area contributed by atoms with E-state index < -0.39 is 5.97 Å². The van der Waals surface area contributed by atoms with E-state index in [2.05, 4.69) is 23.3 Å². The lowest BCUT2D eigenvalue weighted by molar-refractivity contribution is 0.0697. The molecule has 0 aliphatic rings. The van der Waals surface area contributed by atoms with Gasteiger partial charge in [-0.05, 0) is 41.6 Å². The summed E-state index contributed by atoms with van der Waals surface area (Å²) in [5, 5.41) is 12.2. The molecule has 0 aliphatic heterocycles. The van der Waals surface area contributed by atoms with Crippen molar-refractivity contribution < 1.29 is 9.90 Å². The van der Waals surface area contributed by atoms with Crippen molar-refractivity contribution in [3.63, 3.8) is 0 Å². The van der Waals surface area contributed by atoms with Gasteiger partial charge < -0.3 is 10.0 Å². The maximum absolute atomic E-state index is 10.8. The van der Waals surface area contributed by atoms with Crippen molar-refractivity contribution in [2.75, 3.05) is 11.9 Å². The number of anilines is 1. The van der Waals surface area contributed by atoms with Gasteiger partial charge in [0.25, 0.3) is 0 Å². The topological polar surface area (TPSA) is 40.5 Å². The number of carboxylic acids is 1. The second-order valence-electron chi connectivity index (χ2n) is 4.27. The molecule has 2 rings (SSSR count). The van der Waals surface area contributed by atoms with Crippen molar-refractivity contribution >= 4 is 22.3 Å². The Morgan fingerprint density at radius 3 is 2.44 bits per heavy atom. The van der Waals surface area contributed by atoms with Gasteiger partial charge in [0.1, 0.15) is 0 Å². The summed E-state index contributed by atoms with van der Waals surface area (Å²) in [6, 6.07) is 9.12. The van der Waals surface area contributed by atoms with Gasteiger partial charge in [0.05, 0.1) is 10.6 Å². The fourth-order valence-electron chi connectivity index (χ4n) is 1.85. The minimum atomic E-state index is -0.885. The van der Waals surface area contributed by atoms with E-state index >= 15 is 0 Å². The molecule has 0 unspecified atom stereocenters. The summed E-state index contributed by atoms with van der Waals surface area (Å²) in [5.74, 6) is -0.885. The van der Waals surface area contributed by atoms with Crippen molar-refractivity contribution in [2.24, 2.45) is 0 Å². The van der Waals surface area contributed by atoms with E-state index in [1.807, 2.05) is 19.2 Å². The summed E-state index contributed by atoms with van der Waals surface area (Å²) in [6.07, 6.45) is 0. The van der Waals surface area contributed by atoms with Crippen LogP contribution in [0, 0.1) is 6.92 Å².